The third-order valence-electron chi connectivity index (χ3n) is 2.54. The van der Waals surface area contributed by atoms with E-state index in [0.717, 1.165) is 0 Å². The number of carbonyl (C=O) groups excluding carboxylic acids is 1. The van der Waals surface area contributed by atoms with Gasteiger partial charge in [0.15, 0.2) is 0 Å². The number of aliphatic carboxylic acids is 1. The Morgan fingerprint density at radius 1 is 1.15 bits per heavy atom. The fourth-order valence-electron chi connectivity index (χ4n) is 1.59. The summed E-state index contributed by atoms with van der Waals surface area (Å²) in [5.41, 5.74) is 0. The zero-order chi connectivity index (χ0) is 15.2. The zero-order valence-corrected chi connectivity index (χ0v) is 12.9. The van der Waals surface area contributed by atoms with Gasteiger partial charge in [-0.2, -0.15) is 0 Å². The SMILES string of the molecule is O=C([O-])CCCCCNS(=O)(=O)c1c(Cl)cccc1Cl. The standard InChI is InChI=1S/C12H15Cl2NO4S/c13-9-5-4-6-10(14)12(9)20(18,19)15-8-3-1-2-7-11(16)17/h4-6,15H,1-3,7-8H2,(H,16,17)/p-1. The molecule has 0 amide bonds. The number of hydrogen-bond acceptors (Lipinski definition) is 4. The number of sulfonamides is 1. The zero-order valence-electron chi connectivity index (χ0n) is 10.6. The van der Waals surface area contributed by atoms with E-state index in [1.807, 2.05) is 0 Å². The Bertz CT molecular complexity index is 555. The summed E-state index contributed by atoms with van der Waals surface area (Å²) in [5.74, 6) is -1.10. The summed E-state index contributed by atoms with van der Waals surface area (Å²) in [6, 6.07) is 4.45. The van der Waals surface area contributed by atoms with E-state index in [2.05, 4.69) is 4.72 Å². The van der Waals surface area contributed by atoms with Crippen LogP contribution in [0.1, 0.15) is 25.7 Å². The minimum atomic E-state index is -3.77. The van der Waals surface area contributed by atoms with Crippen molar-refractivity contribution in [2.45, 2.75) is 30.6 Å². The maximum absolute atomic E-state index is 12.0. The van der Waals surface area contributed by atoms with Crippen LogP contribution in [0, 0.1) is 0 Å². The van der Waals surface area contributed by atoms with Gasteiger partial charge in [-0.05, 0) is 31.4 Å². The van der Waals surface area contributed by atoms with Crippen molar-refractivity contribution in [3.05, 3.63) is 28.2 Å². The normalized spacial score (nSPS) is 11.5. The molecule has 0 aliphatic heterocycles. The fraction of sp³-hybridized carbons (Fsp3) is 0.417. The molecule has 0 aliphatic carbocycles. The van der Waals surface area contributed by atoms with Gasteiger partial charge in [-0.25, -0.2) is 13.1 Å². The third-order valence-corrected chi connectivity index (χ3v) is 4.95. The van der Waals surface area contributed by atoms with Crippen LogP contribution in [0.15, 0.2) is 23.1 Å². The molecule has 0 spiro atoms. The number of carboxylic acid groups (broad SMARTS) is 1. The van der Waals surface area contributed by atoms with Crippen LogP contribution < -0.4 is 9.83 Å². The first-order chi connectivity index (χ1) is 9.34. The second-order valence-electron chi connectivity index (χ2n) is 4.13. The third kappa shape index (κ3) is 5.28. The summed E-state index contributed by atoms with van der Waals surface area (Å²) in [7, 11) is -3.77. The van der Waals surface area contributed by atoms with E-state index in [0.29, 0.717) is 19.3 Å². The van der Waals surface area contributed by atoms with Crippen molar-refractivity contribution in [1.29, 1.82) is 0 Å². The highest BCUT2D eigenvalue weighted by Gasteiger charge is 2.20. The largest absolute Gasteiger partial charge is 0.550 e. The van der Waals surface area contributed by atoms with Crippen LogP contribution in [0.4, 0.5) is 0 Å². The van der Waals surface area contributed by atoms with Crippen LogP contribution >= 0.6 is 23.2 Å². The minimum absolute atomic E-state index is 0.0247. The van der Waals surface area contributed by atoms with Crippen molar-refractivity contribution >= 4 is 39.2 Å². The van der Waals surface area contributed by atoms with Crippen molar-refractivity contribution < 1.29 is 18.3 Å². The molecule has 0 bridgehead atoms. The molecule has 0 fully saturated rings. The van der Waals surface area contributed by atoms with Gasteiger partial charge in [-0.15, -0.1) is 0 Å². The lowest BCUT2D eigenvalue weighted by Gasteiger charge is -2.09. The topological polar surface area (TPSA) is 86.3 Å². The smallest absolute Gasteiger partial charge is 0.243 e. The van der Waals surface area contributed by atoms with Gasteiger partial charge >= 0.3 is 0 Å². The van der Waals surface area contributed by atoms with Gasteiger partial charge in [-0.1, -0.05) is 35.7 Å². The summed E-state index contributed by atoms with van der Waals surface area (Å²) in [6.07, 6.45) is 1.54. The number of hydrogen-bond donors (Lipinski definition) is 1. The molecular weight excluding hydrogens is 325 g/mol. The van der Waals surface area contributed by atoms with Gasteiger partial charge in [-0.3, -0.25) is 0 Å². The maximum Gasteiger partial charge on any atom is 0.243 e. The van der Waals surface area contributed by atoms with Crippen LogP contribution in [0.2, 0.25) is 10.0 Å². The van der Waals surface area contributed by atoms with E-state index in [1.165, 1.54) is 12.1 Å². The number of rotatable bonds is 8. The van der Waals surface area contributed by atoms with Gasteiger partial charge in [0.1, 0.15) is 4.90 Å². The predicted molar refractivity (Wildman–Crippen MR) is 75.1 cm³/mol. The molecule has 0 aromatic heterocycles. The number of halogens is 2. The highest BCUT2D eigenvalue weighted by molar-refractivity contribution is 7.89. The van der Waals surface area contributed by atoms with Gasteiger partial charge in [0, 0.05) is 12.5 Å². The Morgan fingerprint density at radius 2 is 1.75 bits per heavy atom. The first-order valence-corrected chi connectivity index (χ1v) is 8.22. The Balaban J connectivity index is 2.52. The molecule has 1 aromatic rings. The van der Waals surface area contributed by atoms with Crippen LogP contribution in [0.3, 0.4) is 0 Å². The molecule has 112 valence electrons. The van der Waals surface area contributed by atoms with Crippen molar-refractivity contribution in [1.82, 2.24) is 4.72 Å². The molecule has 0 aliphatic rings. The first kappa shape index (κ1) is 17.2. The van der Waals surface area contributed by atoms with E-state index in [1.54, 1.807) is 6.07 Å². The minimum Gasteiger partial charge on any atom is -0.550 e. The molecule has 1 N–H and O–H groups in total. The molecule has 0 atom stereocenters. The van der Waals surface area contributed by atoms with E-state index in [4.69, 9.17) is 23.2 Å². The molecule has 8 heteroatoms. The second-order valence-corrected chi connectivity index (χ2v) is 6.65. The monoisotopic (exact) mass is 338 g/mol. The average Bonchev–Trinajstić information content (AvgIpc) is 2.32. The maximum atomic E-state index is 12.0. The molecule has 0 saturated carbocycles. The predicted octanol–water partition coefficient (Wildman–Crippen LogP) is 1.58. The summed E-state index contributed by atoms with van der Waals surface area (Å²) in [4.78, 5) is 10.1. The Labute approximate surface area is 127 Å². The highest BCUT2D eigenvalue weighted by Crippen LogP contribution is 2.28. The summed E-state index contributed by atoms with van der Waals surface area (Å²) >= 11 is 11.7. The number of unbranched alkanes of at least 4 members (excludes halogenated alkanes) is 2. The van der Waals surface area contributed by atoms with Crippen molar-refractivity contribution in [2.75, 3.05) is 6.54 Å². The second kappa shape index (κ2) is 7.83. The molecule has 20 heavy (non-hydrogen) atoms. The average molecular weight is 339 g/mol. The Kier molecular flexibility index (Phi) is 6.75. The van der Waals surface area contributed by atoms with Crippen molar-refractivity contribution in [2.24, 2.45) is 0 Å². The summed E-state index contributed by atoms with van der Waals surface area (Å²) < 4.78 is 26.4. The lowest BCUT2D eigenvalue weighted by molar-refractivity contribution is -0.305. The molecule has 1 rings (SSSR count). The summed E-state index contributed by atoms with van der Waals surface area (Å²) in [6.45, 7) is 0.191. The fourth-order valence-corrected chi connectivity index (χ4v) is 3.80. The Hall–Kier alpha value is -0.820. The number of carbonyl (C=O) groups is 1. The van der Waals surface area contributed by atoms with E-state index in [-0.39, 0.29) is 27.9 Å². The van der Waals surface area contributed by atoms with E-state index >= 15 is 0 Å². The Morgan fingerprint density at radius 3 is 2.30 bits per heavy atom. The van der Waals surface area contributed by atoms with E-state index in [9.17, 15) is 18.3 Å². The quantitative estimate of drug-likeness (QED) is 0.729. The lowest BCUT2D eigenvalue weighted by Crippen LogP contribution is -2.25. The molecule has 0 saturated heterocycles. The van der Waals surface area contributed by atoms with Crippen molar-refractivity contribution in [3.8, 4) is 0 Å². The highest BCUT2D eigenvalue weighted by atomic mass is 35.5. The van der Waals surface area contributed by atoms with Crippen LogP contribution in [0.25, 0.3) is 0 Å². The van der Waals surface area contributed by atoms with Gasteiger partial charge in [0.05, 0.1) is 10.0 Å². The van der Waals surface area contributed by atoms with Crippen LogP contribution in [-0.2, 0) is 14.8 Å². The van der Waals surface area contributed by atoms with Gasteiger partial charge in [0.25, 0.3) is 0 Å². The van der Waals surface area contributed by atoms with Crippen LogP contribution in [0.5, 0.6) is 0 Å². The van der Waals surface area contributed by atoms with Gasteiger partial charge in [0.2, 0.25) is 10.0 Å². The molecule has 0 unspecified atom stereocenters. The summed E-state index contributed by atoms with van der Waals surface area (Å²) in [5, 5.41) is 10.3. The van der Waals surface area contributed by atoms with Gasteiger partial charge < -0.3 is 9.90 Å². The van der Waals surface area contributed by atoms with Crippen molar-refractivity contribution in [3.63, 3.8) is 0 Å². The van der Waals surface area contributed by atoms with E-state index < -0.39 is 16.0 Å². The number of nitrogens with one attached hydrogen (secondary N) is 1. The number of carboxylic acids is 1. The molecule has 5 nitrogen and oxygen atoms in total. The van der Waals surface area contributed by atoms with Crippen LogP contribution in [-0.4, -0.2) is 20.9 Å². The molecule has 1 aromatic carbocycles. The molecule has 0 heterocycles. The first-order valence-electron chi connectivity index (χ1n) is 5.98. The molecule has 0 radical (unpaired) electrons. The molecular formula is C12H14Cl2NO4S-. The number of benzene rings is 1. The lowest BCUT2D eigenvalue weighted by atomic mass is 10.2.